The van der Waals surface area contributed by atoms with Crippen molar-refractivity contribution >= 4 is 47.8 Å². The minimum atomic E-state index is -0.813. The van der Waals surface area contributed by atoms with Crippen LogP contribution in [-0.4, -0.2) is 90.2 Å². The van der Waals surface area contributed by atoms with E-state index in [-0.39, 0.29) is 136 Å². The standard InChI is InChI=1S/C19H32O2.2C18H26O6.C13H24O2.8CH4/c1-6-18(4,5)17(20)21-19(12(2)3)15-8-13-7-14(10-15)11-16(19)9-13;1-4-17(2,3)15(20)22-10-23-16(21)24-18-7-11-5-12(8-18)14(19)13(6-11)9-18;1-4-18(2,3)17(21)22-9-14(19)24-15-11-5-10-6-12(8-11)16(20)23-13(15)7-10;1-5-12(3,4)11(14)15-13(6-2)9-7-8-10-13;;;;;;;;/h12-16H,6-11H2,1-5H3;11-13H,4-10H2,1-3H3;10-13,15H,4-9H2,1-3H3;5-10H2,1-4H3;8*1H4. The van der Waals surface area contributed by atoms with E-state index in [9.17, 15) is 38.4 Å². The average molecular weight is 1310 g/mol. The van der Waals surface area contributed by atoms with Gasteiger partial charge < -0.3 is 37.9 Å². The summed E-state index contributed by atoms with van der Waals surface area (Å²) in [4.78, 5) is 96.8. The van der Waals surface area contributed by atoms with E-state index >= 15 is 0 Å². The molecule has 16 heteroatoms. The third kappa shape index (κ3) is 20.2. The lowest BCUT2D eigenvalue weighted by Crippen LogP contribution is -2.63. The van der Waals surface area contributed by atoms with E-state index in [1.807, 2.05) is 48.5 Å². The van der Waals surface area contributed by atoms with Crippen molar-refractivity contribution in [1.29, 1.82) is 0 Å². The van der Waals surface area contributed by atoms with Crippen molar-refractivity contribution in [3.63, 3.8) is 0 Å². The zero-order valence-corrected chi connectivity index (χ0v) is 54.2. The highest BCUT2D eigenvalue weighted by atomic mass is 16.8. The quantitative estimate of drug-likeness (QED) is 0.0709. The number of fused-ring (bicyclic) bond motifs is 1. The summed E-state index contributed by atoms with van der Waals surface area (Å²) < 4.78 is 43.8. The lowest BCUT2D eigenvalue weighted by atomic mass is 9.47. The number of carbonyl (C=O) groups is 8. The van der Waals surface area contributed by atoms with Crippen LogP contribution in [0.2, 0.25) is 0 Å². The molecule has 2 saturated heterocycles. The monoisotopic (exact) mass is 1310 g/mol. The van der Waals surface area contributed by atoms with Gasteiger partial charge in [0.05, 0.1) is 27.6 Å². The van der Waals surface area contributed by atoms with Gasteiger partial charge in [-0.1, -0.05) is 108 Å². The minimum Gasteiger partial charge on any atom is -0.459 e. The summed E-state index contributed by atoms with van der Waals surface area (Å²) in [5.74, 6) is 3.47. The fourth-order valence-electron chi connectivity index (χ4n) is 16.2. The van der Waals surface area contributed by atoms with Crippen LogP contribution in [0, 0.1) is 86.8 Å². The van der Waals surface area contributed by atoms with Gasteiger partial charge in [-0.3, -0.25) is 28.8 Å². The predicted molar refractivity (Wildman–Crippen MR) is 368 cm³/mol. The number of ether oxygens (including phenoxy) is 8. The van der Waals surface area contributed by atoms with E-state index in [2.05, 4.69) is 27.7 Å². The van der Waals surface area contributed by atoms with Gasteiger partial charge in [-0.05, 0) is 244 Å². The molecule has 11 aliphatic carbocycles. The Balaban J connectivity index is 0. The van der Waals surface area contributed by atoms with Gasteiger partial charge in [0.25, 0.3) is 0 Å². The van der Waals surface area contributed by atoms with Gasteiger partial charge in [0.1, 0.15) is 34.8 Å². The fraction of sp³-hybridized carbons (Fsp3) is 0.895. The second kappa shape index (κ2) is 35.7. The molecule has 0 aromatic heterocycles. The number of rotatable bonds is 18. The molecule has 13 aliphatic rings. The molecular weight excluding hydrogens is 1170 g/mol. The van der Waals surface area contributed by atoms with Gasteiger partial charge in [-0.15, -0.1) is 0 Å². The third-order valence-corrected chi connectivity index (χ3v) is 22.8. The molecule has 0 radical (unpaired) electrons. The molecule has 540 valence electrons. The van der Waals surface area contributed by atoms with Crippen LogP contribution >= 0.6 is 0 Å². The molecule has 7 atom stereocenters. The van der Waals surface area contributed by atoms with Crippen LogP contribution in [0.15, 0.2) is 0 Å². The second-order valence-electron chi connectivity index (χ2n) is 30.5. The molecule has 11 saturated carbocycles. The normalized spacial score (nSPS) is 30.7. The molecule has 0 spiro atoms. The molecule has 2 aliphatic heterocycles. The first-order chi connectivity index (χ1) is 39.3. The number of ketones is 1. The summed E-state index contributed by atoms with van der Waals surface area (Å²) >= 11 is 0. The highest BCUT2D eigenvalue weighted by Crippen LogP contribution is 2.62. The van der Waals surface area contributed by atoms with Crippen LogP contribution in [0.4, 0.5) is 4.79 Å². The first kappa shape index (κ1) is 89.8. The van der Waals surface area contributed by atoms with Gasteiger partial charge in [0, 0.05) is 17.8 Å². The summed E-state index contributed by atoms with van der Waals surface area (Å²) in [6.07, 6.45) is 20.7. The van der Waals surface area contributed by atoms with Crippen LogP contribution in [0.1, 0.15) is 311 Å². The number of Topliss-reactive ketones (excluding diaryl/α,β-unsaturated/α-hetero) is 1. The smallest absolute Gasteiger partial charge is 0.459 e. The zero-order valence-electron chi connectivity index (χ0n) is 54.2. The molecule has 13 rings (SSSR count). The van der Waals surface area contributed by atoms with E-state index in [0.29, 0.717) is 61.1 Å². The van der Waals surface area contributed by atoms with Crippen molar-refractivity contribution in [2.24, 2.45) is 86.8 Å². The Kier molecular flexibility index (Phi) is 34.8. The Labute approximate surface area is 561 Å². The Morgan fingerprint density at radius 3 is 1.41 bits per heavy atom. The van der Waals surface area contributed by atoms with Gasteiger partial charge in [-0.25, -0.2) is 9.59 Å². The summed E-state index contributed by atoms with van der Waals surface area (Å²) in [5, 5.41) is 0. The predicted octanol–water partition coefficient (Wildman–Crippen LogP) is 19.1. The maximum absolute atomic E-state index is 12.8. The van der Waals surface area contributed by atoms with E-state index < -0.39 is 53.4 Å². The molecule has 0 aromatic carbocycles. The second-order valence-corrected chi connectivity index (χ2v) is 30.5. The van der Waals surface area contributed by atoms with E-state index in [1.54, 1.807) is 27.7 Å². The third-order valence-electron chi connectivity index (χ3n) is 22.8. The highest BCUT2D eigenvalue weighted by Gasteiger charge is 2.62. The van der Waals surface area contributed by atoms with Crippen molar-refractivity contribution < 1.29 is 76.3 Å². The summed E-state index contributed by atoms with van der Waals surface area (Å²) in [7, 11) is 0. The van der Waals surface area contributed by atoms with Gasteiger partial charge in [0.2, 0.25) is 6.79 Å². The fourth-order valence-corrected chi connectivity index (χ4v) is 16.2. The van der Waals surface area contributed by atoms with Crippen molar-refractivity contribution in [2.45, 2.75) is 340 Å². The average Bonchev–Trinajstić information content (AvgIpc) is 0.902. The SMILES string of the molecule is C.C.C.C.C.C.C.C.CCC(C)(C)C(=O)OC1(C(C)C)C2CC3CC(C2)CC1C3.CCC(C)(C)C(=O)OCC(=O)OC1C2CC3CC(C2)C(=O)OC1C3.CCC(C)(C)C(=O)OCOC(=O)OC12CC3CC(C1)C(=O)C(C3)C2.CCC1(OC(=O)C(C)(C)CC)CCCC1. The molecule has 16 nitrogen and oxygen atoms in total. The molecule has 13 fully saturated rings. The van der Waals surface area contributed by atoms with Crippen LogP contribution in [0.5, 0.6) is 0 Å². The first-order valence-corrected chi connectivity index (χ1v) is 32.9. The maximum Gasteiger partial charge on any atom is 0.511 e. The van der Waals surface area contributed by atoms with Crippen molar-refractivity contribution in [3.05, 3.63) is 0 Å². The van der Waals surface area contributed by atoms with Crippen LogP contribution in [0.25, 0.3) is 0 Å². The highest BCUT2D eigenvalue weighted by molar-refractivity contribution is 5.86. The Morgan fingerprint density at radius 1 is 0.500 bits per heavy atom. The van der Waals surface area contributed by atoms with Crippen LogP contribution < -0.4 is 0 Å². The van der Waals surface area contributed by atoms with E-state index in [4.69, 9.17) is 37.9 Å². The van der Waals surface area contributed by atoms with Gasteiger partial charge in [0.15, 0.2) is 6.61 Å². The first-order valence-electron chi connectivity index (χ1n) is 32.9. The van der Waals surface area contributed by atoms with Crippen molar-refractivity contribution in [1.82, 2.24) is 0 Å². The number of esters is 6. The van der Waals surface area contributed by atoms with E-state index in [0.717, 1.165) is 88.9 Å². The molecule has 7 unspecified atom stereocenters. The van der Waals surface area contributed by atoms with Crippen molar-refractivity contribution in [2.75, 3.05) is 13.4 Å². The zero-order chi connectivity index (χ0) is 62.0. The molecule has 2 heterocycles. The minimum absolute atomic E-state index is 0. The van der Waals surface area contributed by atoms with Crippen LogP contribution in [0.3, 0.4) is 0 Å². The number of hydrogen-bond donors (Lipinski definition) is 0. The molecule has 12 bridgehead atoms. The van der Waals surface area contributed by atoms with Crippen LogP contribution in [-0.2, 0) is 71.5 Å². The van der Waals surface area contributed by atoms with Crippen molar-refractivity contribution in [3.8, 4) is 0 Å². The summed E-state index contributed by atoms with van der Waals surface area (Å²) in [6, 6.07) is 0. The maximum atomic E-state index is 12.8. The lowest BCUT2D eigenvalue weighted by molar-refractivity contribution is -0.231. The molecule has 0 amide bonds. The number of carbonyl (C=O) groups excluding carboxylic acids is 8. The summed E-state index contributed by atoms with van der Waals surface area (Å²) in [6.45, 7) is 28.8. The lowest BCUT2D eigenvalue weighted by Gasteiger charge is -2.62. The van der Waals surface area contributed by atoms with Gasteiger partial charge >= 0.3 is 42.0 Å². The molecule has 0 N–H and O–H groups in total. The molecule has 92 heavy (non-hydrogen) atoms. The summed E-state index contributed by atoms with van der Waals surface area (Å²) in [5.41, 5.74) is -2.76. The Bertz CT molecular complexity index is 2330. The van der Waals surface area contributed by atoms with Gasteiger partial charge in [-0.2, -0.15) is 0 Å². The van der Waals surface area contributed by atoms with E-state index in [1.165, 1.54) is 44.9 Å². The Hall–Kier alpha value is -4.24. The Morgan fingerprint density at radius 2 is 0.946 bits per heavy atom. The molecular formula is C76H140O16. The molecule has 0 aromatic rings. The number of hydrogen-bond acceptors (Lipinski definition) is 16. The topological polar surface area (TPSA) is 210 Å². The largest absolute Gasteiger partial charge is 0.511 e.